The van der Waals surface area contributed by atoms with Crippen LogP contribution >= 0.6 is 11.8 Å². The number of hydrogen-bond donors (Lipinski definition) is 1. The van der Waals surface area contributed by atoms with Crippen LogP contribution in [0.3, 0.4) is 0 Å². The van der Waals surface area contributed by atoms with Gasteiger partial charge in [-0.3, -0.25) is 9.59 Å². The second kappa shape index (κ2) is 11.9. The van der Waals surface area contributed by atoms with Gasteiger partial charge in [-0.15, -0.1) is 10.2 Å². The summed E-state index contributed by atoms with van der Waals surface area (Å²) in [5.74, 6) is 1.29. The highest BCUT2D eigenvalue weighted by Crippen LogP contribution is 2.19. The number of aryl methyl sites for hydroxylation is 1. The number of thioether (sulfide) groups is 1. The normalized spacial score (nSPS) is 15.5. The Morgan fingerprint density at radius 1 is 1.19 bits per heavy atom. The molecule has 8 heteroatoms. The first-order valence-corrected chi connectivity index (χ1v) is 12.2. The van der Waals surface area contributed by atoms with Crippen molar-refractivity contribution in [2.24, 2.45) is 0 Å². The molecule has 7 nitrogen and oxygen atoms in total. The number of carbonyl (C=O) groups excluding carboxylic acids is 2. The number of carbonyl (C=O) groups is 2. The van der Waals surface area contributed by atoms with Crippen molar-refractivity contribution in [3.63, 3.8) is 0 Å². The van der Waals surface area contributed by atoms with Gasteiger partial charge in [0.1, 0.15) is 0 Å². The minimum atomic E-state index is 0.000427. The summed E-state index contributed by atoms with van der Waals surface area (Å²) in [6.45, 7) is 6.05. The molecule has 168 valence electrons. The third kappa shape index (κ3) is 7.09. The number of nitrogens with zero attached hydrogens (tertiary/aromatic N) is 4. The van der Waals surface area contributed by atoms with Crippen molar-refractivity contribution < 1.29 is 9.59 Å². The van der Waals surface area contributed by atoms with Gasteiger partial charge in [0.05, 0.1) is 12.3 Å². The highest BCUT2D eigenvalue weighted by atomic mass is 32.2. The van der Waals surface area contributed by atoms with E-state index >= 15 is 0 Å². The third-order valence-corrected chi connectivity index (χ3v) is 6.53. The van der Waals surface area contributed by atoms with E-state index in [1.807, 2.05) is 41.5 Å². The number of nitrogens with one attached hydrogen (secondary N) is 1. The Labute approximate surface area is 189 Å². The largest absolute Gasteiger partial charge is 0.353 e. The van der Waals surface area contributed by atoms with E-state index in [1.165, 1.54) is 17.3 Å². The molecule has 0 saturated carbocycles. The van der Waals surface area contributed by atoms with Crippen LogP contribution < -0.4 is 5.32 Å². The van der Waals surface area contributed by atoms with Crippen LogP contribution in [0.25, 0.3) is 0 Å². The van der Waals surface area contributed by atoms with Gasteiger partial charge in [-0.1, -0.05) is 48.5 Å². The van der Waals surface area contributed by atoms with Crippen LogP contribution in [-0.2, 0) is 29.1 Å². The summed E-state index contributed by atoms with van der Waals surface area (Å²) in [5.41, 5.74) is 1.28. The Bertz CT molecular complexity index is 855. The summed E-state index contributed by atoms with van der Waals surface area (Å²) in [6, 6.07) is 10.4. The standard InChI is InChI=1S/C23H33N5O2S/c1-3-28-20(16-27-15-9-5-8-12-22(27)30)25-26-23(28)31-17-21(29)24-18(2)13-14-19-10-6-4-7-11-19/h4,6-7,10-11,18H,3,5,8-9,12-17H2,1-2H3,(H,24,29). The number of likely N-dealkylation sites (tertiary alicyclic amines) is 1. The van der Waals surface area contributed by atoms with Gasteiger partial charge in [-0.05, 0) is 45.1 Å². The molecule has 1 aliphatic rings. The predicted octanol–water partition coefficient (Wildman–Crippen LogP) is 3.43. The van der Waals surface area contributed by atoms with Crippen molar-refractivity contribution in [2.75, 3.05) is 12.3 Å². The van der Waals surface area contributed by atoms with Crippen molar-refractivity contribution in [1.82, 2.24) is 25.0 Å². The fourth-order valence-corrected chi connectivity index (χ4v) is 4.62. The van der Waals surface area contributed by atoms with Crippen LogP contribution in [0.4, 0.5) is 0 Å². The summed E-state index contributed by atoms with van der Waals surface area (Å²) in [5, 5.41) is 12.4. The molecule has 0 aliphatic carbocycles. The minimum absolute atomic E-state index is 0.000427. The van der Waals surface area contributed by atoms with Crippen LogP contribution in [0.5, 0.6) is 0 Å². The summed E-state index contributed by atoms with van der Waals surface area (Å²) in [4.78, 5) is 26.6. The van der Waals surface area contributed by atoms with E-state index in [1.54, 1.807) is 0 Å². The van der Waals surface area contributed by atoms with E-state index in [-0.39, 0.29) is 17.9 Å². The molecular formula is C23H33N5O2S. The Hall–Kier alpha value is -2.35. The summed E-state index contributed by atoms with van der Waals surface area (Å²) in [7, 11) is 0. The van der Waals surface area contributed by atoms with Gasteiger partial charge in [-0.2, -0.15) is 0 Å². The Kier molecular flexibility index (Phi) is 8.94. The van der Waals surface area contributed by atoms with E-state index < -0.39 is 0 Å². The van der Waals surface area contributed by atoms with Crippen LogP contribution in [0.2, 0.25) is 0 Å². The zero-order chi connectivity index (χ0) is 22.1. The lowest BCUT2D eigenvalue weighted by atomic mass is 10.1. The monoisotopic (exact) mass is 443 g/mol. The molecule has 1 aromatic carbocycles. The minimum Gasteiger partial charge on any atom is -0.353 e. The van der Waals surface area contributed by atoms with Gasteiger partial charge in [-0.25, -0.2) is 0 Å². The second-order valence-corrected chi connectivity index (χ2v) is 8.99. The van der Waals surface area contributed by atoms with E-state index in [4.69, 9.17) is 0 Å². The lowest BCUT2D eigenvalue weighted by Crippen LogP contribution is -2.34. The van der Waals surface area contributed by atoms with Gasteiger partial charge in [0.15, 0.2) is 11.0 Å². The Morgan fingerprint density at radius 2 is 2.00 bits per heavy atom. The first kappa shape index (κ1) is 23.3. The molecule has 1 atom stereocenters. The molecule has 1 aliphatic heterocycles. The van der Waals surface area contributed by atoms with Crippen molar-refractivity contribution in [2.45, 2.75) is 76.7 Å². The molecule has 1 saturated heterocycles. The molecule has 3 rings (SSSR count). The van der Waals surface area contributed by atoms with E-state index in [0.717, 1.165) is 49.6 Å². The lowest BCUT2D eigenvalue weighted by molar-refractivity contribution is -0.131. The molecule has 1 N–H and O–H groups in total. The fraction of sp³-hybridized carbons (Fsp3) is 0.565. The first-order valence-electron chi connectivity index (χ1n) is 11.2. The van der Waals surface area contributed by atoms with Crippen LogP contribution in [0.15, 0.2) is 35.5 Å². The van der Waals surface area contributed by atoms with Crippen LogP contribution in [-0.4, -0.2) is 49.8 Å². The van der Waals surface area contributed by atoms with Crippen LogP contribution in [0.1, 0.15) is 57.3 Å². The van der Waals surface area contributed by atoms with Crippen molar-refractivity contribution in [1.29, 1.82) is 0 Å². The molecule has 0 spiro atoms. The molecule has 31 heavy (non-hydrogen) atoms. The predicted molar refractivity (Wildman–Crippen MR) is 123 cm³/mol. The van der Waals surface area contributed by atoms with Gasteiger partial charge >= 0.3 is 0 Å². The molecule has 1 fully saturated rings. The summed E-state index contributed by atoms with van der Waals surface area (Å²) < 4.78 is 2.01. The van der Waals surface area contributed by atoms with Gasteiger partial charge in [0, 0.05) is 25.6 Å². The maximum Gasteiger partial charge on any atom is 0.230 e. The first-order chi connectivity index (χ1) is 15.1. The quantitative estimate of drug-likeness (QED) is 0.569. The number of aromatic nitrogens is 3. The zero-order valence-electron chi connectivity index (χ0n) is 18.5. The number of hydrogen-bond acceptors (Lipinski definition) is 5. The summed E-state index contributed by atoms with van der Waals surface area (Å²) >= 11 is 1.40. The highest BCUT2D eigenvalue weighted by molar-refractivity contribution is 7.99. The molecule has 2 amide bonds. The van der Waals surface area contributed by atoms with Gasteiger partial charge in [0.25, 0.3) is 0 Å². The average Bonchev–Trinajstić information content (AvgIpc) is 3.05. The fourth-order valence-electron chi connectivity index (χ4n) is 3.78. The molecule has 0 bridgehead atoms. The van der Waals surface area contributed by atoms with Crippen LogP contribution in [0, 0.1) is 0 Å². The SMILES string of the molecule is CCn1c(CN2CCCCCC2=O)nnc1SCC(=O)NC(C)CCc1ccccc1. The number of rotatable bonds is 10. The van der Waals surface area contributed by atoms with E-state index in [0.29, 0.717) is 25.3 Å². The molecule has 1 aromatic heterocycles. The van der Waals surface area contributed by atoms with E-state index in [9.17, 15) is 9.59 Å². The van der Waals surface area contributed by atoms with Crippen molar-refractivity contribution >= 4 is 23.6 Å². The van der Waals surface area contributed by atoms with Crippen molar-refractivity contribution in [3.8, 4) is 0 Å². The summed E-state index contributed by atoms with van der Waals surface area (Å²) in [6.07, 6.45) is 5.57. The lowest BCUT2D eigenvalue weighted by Gasteiger charge is -2.20. The average molecular weight is 444 g/mol. The third-order valence-electron chi connectivity index (χ3n) is 5.56. The van der Waals surface area contributed by atoms with Crippen molar-refractivity contribution in [3.05, 3.63) is 41.7 Å². The molecule has 0 radical (unpaired) electrons. The molecule has 1 unspecified atom stereocenters. The second-order valence-electron chi connectivity index (χ2n) is 8.05. The van der Waals surface area contributed by atoms with E-state index in [2.05, 4.69) is 27.6 Å². The number of amides is 2. The smallest absolute Gasteiger partial charge is 0.230 e. The zero-order valence-corrected chi connectivity index (χ0v) is 19.4. The van der Waals surface area contributed by atoms with Gasteiger partial charge < -0.3 is 14.8 Å². The topological polar surface area (TPSA) is 80.1 Å². The molecule has 2 heterocycles. The Morgan fingerprint density at radius 3 is 2.77 bits per heavy atom. The Balaban J connectivity index is 1.48. The maximum absolute atomic E-state index is 12.4. The number of benzene rings is 1. The molecule has 2 aromatic rings. The van der Waals surface area contributed by atoms with Gasteiger partial charge in [0.2, 0.25) is 11.8 Å². The molecular weight excluding hydrogens is 410 g/mol. The maximum atomic E-state index is 12.4. The highest BCUT2D eigenvalue weighted by Gasteiger charge is 2.21.